The maximum atomic E-state index is 5.60. The fourth-order valence-electron chi connectivity index (χ4n) is 2.08. The largest absolute Gasteiger partial charge is 0.444 e. The standard InChI is InChI=1S/C16H22N2O/c1-3-14(10-13-8-6-5-7-9-13)17-12-16-18-11-15(4-2)19-16/h5-9,11,14,17H,3-4,10,12H2,1-2H3. The molecule has 1 aromatic carbocycles. The summed E-state index contributed by atoms with van der Waals surface area (Å²) in [6.45, 7) is 4.97. The maximum absolute atomic E-state index is 5.60. The zero-order chi connectivity index (χ0) is 13.5. The SMILES string of the molecule is CCc1cnc(CNC(CC)Cc2ccccc2)o1. The van der Waals surface area contributed by atoms with Gasteiger partial charge in [0.25, 0.3) is 0 Å². The highest BCUT2D eigenvalue weighted by Crippen LogP contribution is 2.08. The number of nitrogens with zero attached hydrogens (tertiary/aromatic N) is 1. The van der Waals surface area contributed by atoms with Gasteiger partial charge in [0, 0.05) is 12.5 Å². The Morgan fingerprint density at radius 3 is 2.63 bits per heavy atom. The molecule has 3 heteroatoms. The summed E-state index contributed by atoms with van der Waals surface area (Å²) < 4.78 is 5.60. The van der Waals surface area contributed by atoms with Gasteiger partial charge in [-0.05, 0) is 18.4 Å². The molecule has 102 valence electrons. The Labute approximate surface area is 115 Å². The van der Waals surface area contributed by atoms with Crippen LogP contribution < -0.4 is 5.32 Å². The molecule has 0 bridgehead atoms. The number of rotatable bonds is 7. The number of aromatic nitrogens is 1. The first-order chi connectivity index (χ1) is 9.31. The smallest absolute Gasteiger partial charge is 0.208 e. The Bertz CT molecular complexity index is 479. The zero-order valence-electron chi connectivity index (χ0n) is 11.7. The lowest BCUT2D eigenvalue weighted by atomic mass is 10.0. The summed E-state index contributed by atoms with van der Waals surface area (Å²) in [6, 6.07) is 11.0. The summed E-state index contributed by atoms with van der Waals surface area (Å²) in [6.07, 6.45) is 4.85. The van der Waals surface area contributed by atoms with Gasteiger partial charge in [-0.25, -0.2) is 4.98 Å². The van der Waals surface area contributed by atoms with Crippen LogP contribution in [0.5, 0.6) is 0 Å². The van der Waals surface area contributed by atoms with E-state index in [0.29, 0.717) is 12.6 Å². The van der Waals surface area contributed by atoms with Crippen LogP contribution in [0.3, 0.4) is 0 Å². The minimum atomic E-state index is 0.458. The van der Waals surface area contributed by atoms with Gasteiger partial charge in [0.1, 0.15) is 5.76 Å². The predicted molar refractivity (Wildman–Crippen MR) is 76.9 cm³/mol. The van der Waals surface area contributed by atoms with Crippen molar-refractivity contribution in [3.8, 4) is 0 Å². The molecule has 0 saturated heterocycles. The van der Waals surface area contributed by atoms with E-state index in [4.69, 9.17) is 4.42 Å². The van der Waals surface area contributed by atoms with Crippen molar-refractivity contribution in [2.75, 3.05) is 0 Å². The summed E-state index contributed by atoms with van der Waals surface area (Å²) in [7, 11) is 0. The van der Waals surface area contributed by atoms with E-state index in [0.717, 1.165) is 30.9 Å². The van der Waals surface area contributed by atoms with E-state index in [2.05, 4.69) is 54.5 Å². The van der Waals surface area contributed by atoms with Gasteiger partial charge in [-0.2, -0.15) is 0 Å². The first-order valence-corrected chi connectivity index (χ1v) is 7.02. The summed E-state index contributed by atoms with van der Waals surface area (Å²) >= 11 is 0. The molecule has 0 saturated carbocycles. The Morgan fingerprint density at radius 2 is 2.00 bits per heavy atom. The molecular formula is C16H22N2O. The summed E-state index contributed by atoms with van der Waals surface area (Å²) in [5.74, 6) is 1.73. The molecule has 1 heterocycles. The van der Waals surface area contributed by atoms with Gasteiger partial charge >= 0.3 is 0 Å². The Morgan fingerprint density at radius 1 is 1.21 bits per heavy atom. The predicted octanol–water partition coefficient (Wildman–Crippen LogP) is 3.35. The number of nitrogens with one attached hydrogen (secondary N) is 1. The first kappa shape index (κ1) is 13.8. The molecule has 0 aliphatic heterocycles. The molecule has 1 unspecified atom stereocenters. The van der Waals surface area contributed by atoms with Crippen LogP contribution in [-0.4, -0.2) is 11.0 Å². The van der Waals surface area contributed by atoms with Gasteiger partial charge in [-0.15, -0.1) is 0 Å². The van der Waals surface area contributed by atoms with Gasteiger partial charge in [-0.3, -0.25) is 0 Å². The molecule has 0 aliphatic carbocycles. The molecule has 1 N–H and O–H groups in total. The van der Waals surface area contributed by atoms with E-state index in [-0.39, 0.29) is 0 Å². The van der Waals surface area contributed by atoms with Crippen molar-refractivity contribution in [2.24, 2.45) is 0 Å². The molecule has 0 fully saturated rings. The van der Waals surface area contributed by atoms with E-state index < -0.39 is 0 Å². The molecule has 0 spiro atoms. The lowest BCUT2D eigenvalue weighted by Crippen LogP contribution is -2.30. The third-order valence-corrected chi connectivity index (χ3v) is 3.31. The fourth-order valence-corrected chi connectivity index (χ4v) is 2.08. The van der Waals surface area contributed by atoms with Crippen molar-refractivity contribution in [1.82, 2.24) is 10.3 Å². The highest BCUT2D eigenvalue weighted by Gasteiger charge is 2.09. The molecule has 1 aromatic heterocycles. The molecule has 0 aliphatic rings. The van der Waals surface area contributed by atoms with E-state index in [1.807, 2.05) is 6.20 Å². The number of aryl methyl sites for hydroxylation is 1. The van der Waals surface area contributed by atoms with Crippen molar-refractivity contribution in [2.45, 2.75) is 45.7 Å². The zero-order valence-corrected chi connectivity index (χ0v) is 11.7. The van der Waals surface area contributed by atoms with Crippen LogP contribution in [0.15, 0.2) is 40.9 Å². The van der Waals surface area contributed by atoms with Crippen molar-refractivity contribution < 1.29 is 4.42 Å². The second-order valence-electron chi connectivity index (χ2n) is 4.75. The molecule has 1 atom stereocenters. The van der Waals surface area contributed by atoms with E-state index in [1.54, 1.807) is 0 Å². The Hall–Kier alpha value is -1.61. The minimum absolute atomic E-state index is 0.458. The van der Waals surface area contributed by atoms with Crippen molar-refractivity contribution >= 4 is 0 Å². The number of hydrogen-bond donors (Lipinski definition) is 1. The molecule has 2 aromatic rings. The molecule has 3 nitrogen and oxygen atoms in total. The van der Waals surface area contributed by atoms with E-state index in [1.165, 1.54) is 5.56 Å². The second kappa shape index (κ2) is 7.10. The van der Waals surface area contributed by atoms with Crippen LogP contribution in [0, 0.1) is 0 Å². The van der Waals surface area contributed by atoms with Crippen LogP contribution in [0.25, 0.3) is 0 Å². The molecule has 0 radical (unpaired) electrons. The summed E-state index contributed by atoms with van der Waals surface area (Å²) in [5.41, 5.74) is 1.36. The number of oxazole rings is 1. The molecular weight excluding hydrogens is 236 g/mol. The minimum Gasteiger partial charge on any atom is -0.444 e. The normalized spacial score (nSPS) is 12.5. The first-order valence-electron chi connectivity index (χ1n) is 7.02. The van der Waals surface area contributed by atoms with E-state index >= 15 is 0 Å². The average Bonchev–Trinajstić information content (AvgIpc) is 2.92. The highest BCUT2D eigenvalue weighted by atomic mass is 16.4. The second-order valence-corrected chi connectivity index (χ2v) is 4.75. The molecule has 2 rings (SSSR count). The van der Waals surface area contributed by atoms with Crippen molar-refractivity contribution in [3.05, 3.63) is 53.7 Å². The third-order valence-electron chi connectivity index (χ3n) is 3.31. The Kier molecular flexibility index (Phi) is 5.16. The van der Waals surface area contributed by atoms with E-state index in [9.17, 15) is 0 Å². The van der Waals surface area contributed by atoms with Crippen molar-refractivity contribution in [3.63, 3.8) is 0 Å². The van der Waals surface area contributed by atoms with Crippen molar-refractivity contribution in [1.29, 1.82) is 0 Å². The monoisotopic (exact) mass is 258 g/mol. The topological polar surface area (TPSA) is 38.1 Å². The summed E-state index contributed by atoms with van der Waals surface area (Å²) in [4.78, 5) is 4.27. The van der Waals surface area contributed by atoms with Crippen LogP contribution in [0.1, 0.15) is 37.5 Å². The average molecular weight is 258 g/mol. The van der Waals surface area contributed by atoms with Gasteiger partial charge in [0.15, 0.2) is 0 Å². The summed E-state index contributed by atoms with van der Waals surface area (Å²) in [5, 5.41) is 3.52. The van der Waals surface area contributed by atoms with Gasteiger partial charge < -0.3 is 9.73 Å². The van der Waals surface area contributed by atoms with Crippen LogP contribution in [-0.2, 0) is 19.4 Å². The van der Waals surface area contributed by atoms with Gasteiger partial charge in [0.2, 0.25) is 5.89 Å². The Balaban J connectivity index is 1.85. The lowest BCUT2D eigenvalue weighted by Gasteiger charge is -2.15. The maximum Gasteiger partial charge on any atom is 0.208 e. The van der Waals surface area contributed by atoms with Crippen LogP contribution >= 0.6 is 0 Å². The van der Waals surface area contributed by atoms with Crippen LogP contribution in [0.2, 0.25) is 0 Å². The highest BCUT2D eigenvalue weighted by molar-refractivity contribution is 5.15. The van der Waals surface area contributed by atoms with Gasteiger partial charge in [-0.1, -0.05) is 44.2 Å². The number of benzene rings is 1. The quantitative estimate of drug-likeness (QED) is 0.827. The number of hydrogen-bond acceptors (Lipinski definition) is 3. The molecule has 19 heavy (non-hydrogen) atoms. The lowest BCUT2D eigenvalue weighted by molar-refractivity contribution is 0.407. The van der Waals surface area contributed by atoms with Crippen LogP contribution in [0.4, 0.5) is 0 Å². The van der Waals surface area contributed by atoms with Gasteiger partial charge in [0.05, 0.1) is 12.7 Å². The fraction of sp³-hybridized carbons (Fsp3) is 0.438. The third kappa shape index (κ3) is 4.21. The molecule has 0 amide bonds.